The van der Waals surface area contributed by atoms with Crippen LogP contribution < -0.4 is 0 Å². The Balaban J connectivity index is 1.88. The monoisotopic (exact) mass is 374 g/mol. The first-order valence-electron chi connectivity index (χ1n) is 7.23. The third-order valence-electron chi connectivity index (χ3n) is 3.91. The Morgan fingerprint density at radius 3 is 1.78 bits per heavy atom. The van der Waals surface area contributed by atoms with Gasteiger partial charge in [0, 0.05) is 33.8 Å². The highest BCUT2D eigenvalue weighted by Gasteiger charge is 2.19. The van der Waals surface area contributed by atoms with Gasteiger partial charge in [-0.25, -0.2) is 0 Å². The third kappa shape index (κ3) is 2.43. The highest BCUT2D eigenvalue weighted by molar-refractivity contribution is 7.34. The molecule has 4 aromatic rings. The molecule has 0 aliphatic heterocycles. The van der Waals surface area contributed by atoms with Crippen molar-refractivity contribution in [2.24, 2.45) is 0 Å². The van der Waals surface area contributed by atoms with Gasteiger partial charge in [-0.2, -0.15) is 0 Å². The topological polar surface area (TPSA) is 17.1 Å². The summed E-state index contributed by atoms with van der Waals surface area (Å²) in [4.78, 5) is 18.4. The van der Waals surface area contributed by atoms with Crippen LogP contribution in [0.3, 0.4) is 0 Å². The van der Waals surface area contributed by atoms with Crippen LogP contribution in [0.1, 0.15) is 25.7 Å². The quantitative estimate of drug-likeness (QED) is 0.348. The largest absolute Gasteiger partial charge is 0.297 e. The molecule has 0 saturated heterocycles. The standard InChI is InChI=1S/C18H14OS4/c1-9-4-6-13(20-9)15-10(2)17-18(22-15)11(3)16(23-17)14-7-5-12(8-19)21-14/h4-8H,1-3H3. The summed E-state index contributed by atoms with van der Waals surface area (Å²) in [7, 11) is 0. The number of fused-ring (bicyclic) bond motifs is 1. The highest BCUT2D eigenvalue weighted by Crippen LogP contribution is 2.49. The normalized spacial score (nSPS) is 11.4. The first-order chi connectivity index (χ1) is 11.1. The van der Waals surface area contributed by atoms with Crippen molar-refractivity contribution in [2.75, 3.05) is 0 Å². The molecule has 116 valence electrons. The fraction of sp³-hybridized carbons (Fsp3) is 0.167. The highest BCUT2D eigenvalue weighted by atomic mass is 32.1. The number of thiophene rings is 4. The molecule has 0 fully saturated rings. The van der Waals surface area contributed by atoms with Crippen molar-refractivity contribution in [2.45, 2.75) is 20.8 Å². The Hall–Kier alpha value is -1.27. The van der Waals surface area contributed by atoms with Gasteiger partial charge in [0.2, 0.25) is 0 Å². The fourth-order valence-corrected chi connectivity index (χ4v) is 7.54. The molecule has 0 aliphatic rings. The summed E-state index contributed by atoms with van der Waals surface area (Å²) in [6.45, 7) is 6.59. The van der Waals surface area contributed by atoms with E-state index in [9.17, 15) is 4.79 Å². The number of rotatable bonds is 3. The summed E-state index contributed by atoms with van der Waals surface area (Å²) in [5.74, 6) is 0. The number of aryl methyl sites for hydroxylation is 3. The van der Waals surface area contributed by atoms with Gasteiger partial charge in [0.05, 0.1) is 4.88 Å². The molecule has 0 amide bonds. The molecule has 0 bridgehead atoms. The number of hydrogen-bond acceptors (Lipinski definition) is 5. The first-order valence-corrected chi connectivity index (χ1v) is 10.5. The molecule has 4 heterocycles. The van der Waals surface area contributed by atoms with Crippen molar-refractivity contribution < 1.29 is 4.79 Å². The molecular formula is C18H14OS4. The lowest BCUT2D eigenvalue weighted by molar-refractivity contribution is 0.112. The Morgan fingerprint density at radius 2 is 1.30 bits per heavy atom. The summed E-state index contributed by atoms with van der Waals surface area (Å²) in [5.41, 5.74) is 2.73. The maximum atomic E-state index is 10.9. The van der Waals surface area contributed by atoms with E-state index in [1.807, 2.05) is 40.1 Å². The summed E-state index contributed by atoms with van der Waals surface area (Å²) in [5, 5.41) is 0. The molecule has 0 atom stereocenters. The maximum Gasteiger partial charge on any atom is 0.160 e. The van der Waals surface area contributed by atoms with Crippen molar-refractivity contribution in [3.63, 3.8) is 0 Å². The molecule has 0 unspecified atom stereocenters. The molecule has 0 radical (unpaired) electrons. The second-order valence-electron chi connectivity index (χ2n) is 5.50. The van der Waals surface area contributed by atoms with E-state index in [0.717, 1.165) is 11.2 Å². The summed E-state index contributed by atoms with van der Waals surface area (Å²) in [6, 6.07) is 8.40. The van der Waals surface area contributed by atoms with E-state index in [0.29, 0.717) is 0 Å². The molecule has 0 spiro atoms. The zero-order chi connectivity index (χ0) is 16.1. The number of hydrogen-bond donors (Lipinski definition) is 0. The zero-order valence-electron chi connectivity index (χ0n) is 12.9. The fourth-order valence-electron chi connectivity index (χ4n) is 2.71. The van der Waals surface area contributed by atoms with Gasteiger partial charge in [-0.1, -0.05) is 0 Å². The van der Waals surface area contributed by atoms with Crippen LogP contribution in [0, 0.1) is 20.8 Å². The van der Waals surface area contributed by atoms with Gasteiger partial charge < -0.3 is 0 Å². The summed E-state index contributed by atoms with van der Waals surface area (Å²) < 4.78 is 2.79. The lowest BCUT2D eigenvalue weighted by Gasteiger charge is -1.97. The second kappa shape index (κ2) is 5.67. The van der Waals surface area contributed by atoms with E-state index in [2.05, 4.69) is 39.0 Å². The Morgan fingerprint density at radius 1 is 0.739 bits per heavy atom. The SMILES string of the molecule is Cc1ccc(-c2sc3c(C)c(-c4ccc(C=O)s4)sc3c2C)s1. The Bertz CT molecular complexity index is 1030. The minimum atomic E-state index is 0.794. The molecule has 0 N–H and O–H groups in total. The molecule has 0 saturated carbocycles. The smallest absolute Gasteiger partial charge is 0.160 e. The number of aldehydes is 1. The lowest BCUT2D eigenvalue weighted by Crippen LogP contribution is -1.70. The van der Waals surface area contributed by atoms with Crippen molar-refractivity contribution in [1.29, 1.82) is 0 Å². The van der Waals surface area contributed by atoms with E-state index in [4.69, 9.17) is 0 Å². The van der Waals surface area contributed by atoms with Crippen LogP contribution in [0.2, 0.25) is 0 Å². The van der Waals surface area contributed by atoms with Gasteiger partial charge >= 0.3 is 0 Å². The molecule has 0 aromatic carbocycles. The van der Waals surface area contributed by atoms with E-state index >= 15 is 0 Å². The molecule has 23 heavy (non-hydrogen) atoms. The van der Waals surface area contributed by atoms with Gasteiger partial charge in [0.15, 0.2) is 6.29 Å². The first kappa shape index (κ1) is 15.3. The molecule has 4 rings (SSSR count). The average Bonchev–Trinajstić information content (AvgIpc) is 3.27. The number of carbonyl (C=O) groups excluding carboxylic acids is 1. The van der Waals surface area contributed by atoms with Gasteiger partial charge in [-0.3, -0.25) is 4.79 Å². The van der Waals surface area contributed by atoms with Crippen molar-refractivity contribution in [3.05, 3.63) is 45.1 Å². The van der Waals surface area contributed by atoms with Crippen LogP contribution in [0.15, 0.2) is 24.3 Å². The van der Waals surface area contributed by atoms with E-state index < -0.39 is 0 Å². The maximum absolute atomic E-state index is 10.9. The molecule has 4 aromatic heterocycles. The van der Waals surface area contributed by atoms with Gasteiger partial charge in [-0.05, 0) is 56.2 Å². The van der Waals surface area contributed by atoms with E-state index in [1.54, 1.807) is 11.3 Å². The van der Waals surface area contributed by atoms with Crippen molar-refractivity contribution in [3.8, 4) is 19.5 Å². The van der Waals surface area contributed by atoms with Gasteiger partial charge in [0.25, 0.3) is 0 Å². The third-order valence-corrected chi connectivity index (χ3v) is 9.23. The minimum Gasteiger partial charge on any atom is -0.297 e. The van der Waals surface area contributed by atoms with Crippen molar-refractivity contribution >= 4 is 61.0 Å². The second-order valence-corrected chi connectivity index (χ2v) is 9.95. The predicted octanol–water partition coefficient (Wildman–Crippen LogP) is 7.16. The van der Waals surface area contributed by atoms with Gasteiger partial charge in [-0.15, -0.1) is 45.3 Å². The predicted molar refractivity (Wildman–Crippen MR) is 106 cm³/mol. The Labute approximate surface area is 150 Å². The minimum absolute atomic E-state index is 0.794. The van der Waals surface area contributed by atoms with E-state index in [1.165, 1.54) is 44.9 Å². The Kier molecular flexibility index (Phi) is 3.76. The molecule has 1 nitrogen and oxygen atoms in total. The van der Waals surface area contributed by atoms with Gasteiger partial charge in [0.1, 0.15) is 0 Å². The van der Waals surface area contributed by atoms with E-state index in [-0.39, 0.29) is 0 Å². The molecule has 5 heteroatoms. The van der Waals surface area contributed by atoms with Crippen LogP contribution in [0.5, 0.6) is 0 Å². The number of carbonyl (C=O) groups is 1. The van der Waals surface area contributed by atoms with Crippen molar-refractivity contribution in [1.82, 2.24) is 0 Å². The molecular weight excluding hydrogens is 360 g/mol. The van der Waals surface area contributed by atoms with Crippen LogP contribution in [0.25, 0.3) is 28.9 Å². The average molecular weight is 375 g/mol. The van der Waals surface area contributed by atoms with Crippen LogP contribution in [-0.4, -0.2) is 6.29 Å². The van der Waals surface area contributed by atoms with Crippen LogP contribution >= 0.6 is 45.3 Å². The van der Waals surface area contributed by atoms with Crippen LogP contribution in [0.4, 0.5) is 0 Å². The summed E-state index contributed by atoms with van der Waals surface area (Å²) >= 11 is 7.20. The lowest BCUT2D eigenvalue weighted by atomic mass is 10.2. The van der Waals surface area contributed by atoms with Crippen LogP contribution in [-0.2, 0) is 0 Å². The zero-order valence-corrected chi connectivity index (χ0v) is 16.2. The molecule has 0 aliphatic carbocycles. The summed E-state index contributed by atoms with van der Waals surface area (Å²) in [6.07, 6.45) is 0.932.